The summed E-state index contributed by atoms with van der Waals surface area (Å²) in [6.45, 7) is 4.81. The van der Waals surface area contributed by atoms with Crippen LogP contribution in [0.3, 0.4) is 0 Å². The van der Waals surface area contributed by atoms with Crippen molar-refractivity contribution in [1.82, 2.24) is 10.2 Å². The molecule has 1 heterocycles. The Hall–Kier alpha value is -1.84. The van der Waals surface area contributed by atoms with E-state index in [0.717, 1.165) is 5.56 Å². The molecule has 1 aromatic rings. The van der Waals surface area contributed by atoms with Gasteiger partial charge in [-0.05, 0) is 19.4 Å². The first kappa shape index (κ1) is 12.6. The van der Waals surface area contributed by atoms with Crippen molar-refractivity contribution in [2.75, 3.05) is 13.1 Å². The second-order valence-corrected chi connectivity index (χ2v) is 4.67. The van der Waals surface area contributed by atoms with Gasteiger partial charge in [-0.15, -0.1) is 0 Å². The molecule has 1 aromatic carbocycles. The van der Waals surface area contributed by atoms with Crippen molar-refractivity contribution in [2.24, 2.45) is 0 Å². The monoisotopic (exact) mass is 246 g/mol. The van der Waals surface area contributed by atoms with Crippen molar-refractivity contribution < 1.29 is 9.59 Å². The first-order valence-corrected chi connectivity index (χ1v) is 6.24. The van der Waals surface area contributed by atoms with Crippen LogP contribution in [-0.4, -0.2) is 29.8 Å². The predicted molar refractivity (Wildman–Crippen MR) is 68.8 cm³/mol. The SMILES string of the molecule is CCN1CCC(=O)NC(C)(c2ccccc2)C1=O. The minimum atomic E-state index is -0.954. The van der Waals surface area contributed by atoms with E-state index < -0.39 is 5.54 Å². The van der Waals surface area contributed by atoms with Crippen molar-refractivity contribution in [2.45, 2.75) is 25.8 Å². The highest BCUT2D eigenvalue weighted by molar-refractivity contribution is 5.94. The van der Waals surface area contributed by atoms with E-state index in [0.29, 0.717) is 19.5 Å². The molecule has 0 radical (unpaired) electrons. The van der Waals surface area contributed by atoms with Gasteiger partial charge in [0.15, 0.2) is 0 Å². The zero-order chi connectivity index (χ0) is 13.2. The van der Waals surface area contributed by atoms with Gasteiger partial charge in [0.1, 0.15) is 5.54 Å². The number of nitrogens with zero attached hydrogens (tertiary/aromatic N) is 1. The molecule has 0 aromatic heterocycles. The van der Waals surface area contributed by atoms with Crippen LogP contribution in [0.5, 0.6) is 0 Å². The predicted octanol–water partition coefficient (Wildman–Crippen LogP) is 1.27. The Labute approximate surface area is 107 Å². The summed E-state index contributed by atoms with van der Waals surface area (Å²) in [5, 5.41) is 2.86. The maximum atomic E-state index is 12.6. The molecule has 1 N–H and O–H groups in total. The normalized spacial score (nSPS) is 24.7. The van der Waals surface area contributed by atoms with Crippen LogP contribution in [0, 0.1) is 0 Å². The molecule has 1 saturated heterocycles. The largest absolute Gasteiger partial charge is 0.340 e. The first-order valence-electron chi connectivity index (χ1n) is 6.24. The lowest BCUT2D eigenvalue weighted by Gasteiger charge is -2.32. The van der Waals surface area contributed by atoms with E-state index in [2.05, 4.69) is 5.32 Å². The molecule has 1 aliphatic heterocycles. The highest BCUT2D eigenvalue weighted by atomic mass is 16.2. The van der Waals surface area contributed by atoms with E-state index in [4.69, 9.17) is 0 Å². The third-order valence-corrected chi connectivity index (χ3v) is 3.45. The Kier molecular flexibility index (Phi) is 3.36. The Morgan fingerprint density at radius 1 is 1.28 bits per heavy atom. The van der Waals surface area contributed by atoms with E-state index in [9.17, 15) is 9.59 Å². The number of amides is 2. The quantitative estimate of drug-likeness (QED) is 0.854. The average Bonchev–Trinajstić information content (AvgIpc) is 2.50. The smallest absolute Gasteiger partial charge is 0.252 e. The van der Waals surface area contributed by atoms with Crippen LogP contribution in [0.4, 0.5) is 0 Å². The van der Waals surface area contributed by atoms with E-state index in [1.165, 1.54) is 0 Å². The lowest BCUT2D eigenvalue weighted by atomic mass is 9.90. The van der Waals surface area contributed by atoms with Gasteiger partial charge in [0, 0.05) is 19.5 Å². The molecule has 1 unspecified atom stereocenters. The van der Waals surface area contributed by atoms with Gasteiger partial charge in [-0.25, -0.2) is 0 Å². The summed E-state index contributed by atoms with van der Waals surface area (Å²) in [5.74, 6) is -0.118. The van der Waals surface area contributed by atoms with E-state index in [-0.39, 0.29) is 11.8 Å². The lowest BCUT2D eigenvalue weighted by Crippen LogP contribution is -2.52. The summed E-state index contributed by atoms with van der Waals surface area (Å²) in [7, 11) is 0. The molecule has 2 amide bonds. The highest BCUT2D eigenvalue weighted by Gasteiger charge is 2.41. The molecule has 4 heteroatoms. The fraction of sp³-hybridized carbons (Fsp3) is 0.429. The molecule has 0 aliphatic carbocycles. The van der Waals surface area contributed by atoms with Crippen molar-refractivity contribution in [3.63, 3.8) is 0 Å². The van der Waals surface area contributed by atoms with Crippen LogP contribution in [0.1, 0.15) is 25.8 Å². The molecule has 2 rings (SSSR count). The van der Waals surface area contributed by atoms with Crippen molar-refractivity contribution >= 4 is 11.8 Å². The molecule has 1 fully saturated rings. The molecule has 1 aliphatic rings. The maximum absolute atomic E-state index is 12.6. The fourth-order valence-corrected chi connectivity index (χ4v) is 2.32. The Morgan fingerprint density at radius 2 is 1.94 bits per heavy atom. The van der Waals surface area contributed by atoms with Crippen molar-refractivity contribution in [3.05, 3.63) is 35.9 Å². The molecule has 0 bridgehead atoms. The van der Waals surface area contributed by atoms with Crippen molar-refractivity contribution in [1.29, 1.82) is 0 Å². The topological polar surface area (TPSA) is 49.4 Å². The summed E-state index contributed by atoms with van der Waals surface area (Å²) < 4.78 is 0. The maximum Gasteiger partial charge on any atom is 0.252 e. The zero-order valence-corrected chi connectivity index (χ0v) is 10.8. The van der Waals surface area contributed by atoms with Gasteiger partial charge in [-0.2, -0.15) is 0 Å². The molecule has 0 saturated carbocycles. The lowest BCUT2D eigenvalue weighted by molar-refractivity contribution is -0.138. The van der Waals surface area contributed by atoms with Crippen LogP contribution in [0.2, 0.25) is 0 Å². The number of hydrogen-bond acceptors (Lipinski definition) is 2. The van der Waals surface area contributed by atoms with Gasteiger partial charge >= 0.3 is 0 Å². The Morgan fingerprint density at radius 3 is 2.56 bits per heavy atom. The molecule has 18 heavy (non-hydrogen) atoms. The number of carbonyl (C=O) groups excluding carboxylic acids is 2. The molecule has 0 spiro atoms. The van der Waals surface area contributed by atoms with Gasteiger partial charge < -0.3 is 10.2 Å². The molecular formula is C14H18N2O2. The number of hydrogen-bond donors (Lipinski definition) is 1. The Bertz CT molecular complexity index is 458. The number of benzene rings is 1. The minimum absolute atomic E-state index is 0.0398. The van der Waals surface area contributed by atoms with Crippen LogP contribution in [0.15, 0.2) is 30.3 Å². The van der Waals surface area contributed by atoms with Crippen LogP contribution >= 0.6 is 0 Å². The average molecular weight is 246 g/mol. The van der Waals surface area contributed by atoms with Crippen LogP contribution in [-0.2, 0) is 15.1 Å². The van der Waals surface area contributed by atoms with Gasteiger partial charge in [-0.3, -0.25) is 9.59 Å². The second kappa shape index (κ2) is 4.80. The van der Waals surface area contributed by atoms with Gasteiger partial charge in [0.2, 0.25) is 5.91 Å². The zero-order valence-electron chi connectivity index (χ0n) is 10.8. The first-order chi connectivity index (χ1) is 8.58. The van der Waals surface area contributed by atoms with Gasteiger partial charge in [-0.1, -0.05) is 30.3 Å². The summed E-state index contributed by atoms with van der Waals surface area (Å²) in [5.41, 5.74) is -0.131. The highest BCUT2D eigenvalue weighted by Crippen LogP contribution is 2.25. The summed E-state index contributed by atoms with van der Waals surface area (Å²) in [6.07, 6.45) is 0.363. The molecule has 96 valence electrons. The summed E-state index contributed by atoms with van der Waals surface area (Å²) in [6, 6.07) is 9.39. The fourth-order valence-electron chi connectivity index (χ4n) is 2.32. The summed E-state index contributed by atoms with van der Waals surface area (Å²) in [4.78, 5) is 26.1. The molecule has 1 atom stereocenters. The van der Waals surface area contributed by atoms with Crippen LogP contribution in [0.25, 0.3) is 0 Å². The number of likely N-dealkylation sites (N-methyl/N-ethyl adjacent to an activating group) is 1. The van der Waals surface area contributed by atoms with Gasteiger partial charge in [0.25, 0.3) is 5.91 Å². The number of carbonyl (C=O) groups is 2. The van der Waals surface area contributed by atoms with Crippen LogP contribution < -0.4 is 5.32 Å². The van der Waals surface area contributed by atoms with E-state index in [1.54, 1.807) is 11.8 Å². The third kappa shape index (κ3) is 2.10. The minimum Gasteiger partial charge on any atom is -0.340 e. The Balaban J connectivity index is 2.44. The van der Waals surface area contributed by atoms with E-state index >= 15 is 0 Å². The number of nitrogens with one attached hydrogen (secondary N) is 1. The molecule has 4 nitrogen and oxygen atoms in total. The standard InChI is InChI=1S/C14H18N2O2/c1-3-16-10-9-12(17)15-14(2,13(16)18)11-7-5-4-6-8-11/h4-8H,3,9-10H2,1-2H3,(H,15,17). The van der Waals surface area contributed by atoms with E-state index in [1.807, 2.05) is 37.3 Å². The summed E-state index contributed by atoms with van der Waals surface area (Å²) >= 11 is 0. The van der Waals surface area contributed by atoms with Crippen molar-refractivity contribution in [3.8, 4) is 0 Å². The molecular weight excluding hydrogens is 228 g/mol. The second-order valence-electron chi connectivity index (χ2n) is 4.67. The van der Waals surface area contributed by atoms with Gasteiger partial charge in [0.05, 0.1) is 0 Å². The third-order valence-electron chi connectivity index (χ3n) is 3.45. The number of rotatable bonds is 2.